The molecule has 1 aromatic heterocycles. The Balaban J connectivity index is 1.77. The van der Waals surface area contributed by atoms with E-state index in [1.165, 1.54) is 4.31 Å². The van der Waals surface area contributed by atoms with Gasteiger partial charge in [0.2, 0.25) is 15.9 Å². The Bertz CT molecular complexity index is 886. The van der Waals surface area contributed by atoms with Crippen molar-refractivity contribution in [2.24, 2.45) is 0 Å². The fourth-order valence-electron chi connectivity index (χ4n) is 3.04. The van der Waals surface area contributed by atoms with Crippen LogP contribution in [0, 0.1) is 13.8 Å². The fraction of sp³-hybridized carbons (Fsp3) is 0.529. The van der Waals surface area contributed by atoms with Crippen molar-refractivity contribution < 1.29 is 17.6 Å². The number of hydrogen-bond acceptors (Lipinski definition) is 7. The van der Waals surface area contributed by atoms with Gasteiger partial charge in [0, 0.05) is 32.6 Å². The summed E-state index contributed by atoms with van der Waals surface area (Å²) in [5.74, 6) is 1.27. The molecule has 1 saturated heterocycles. The molecule has 0 bridgehead atoms. The van der Waals surface area contributed by atoms with Gasteiger partial charge in [-0.3, -0.25) is 0 Å². The Kier molecular flexibility index (Phi) is 5.19. The van der Waals surface area contributed by atoms with Crippen LogP contribution >= 0.6 is 0 Å². The van der Waals surface area contributed by atoms with E-state index >= 15 is 0 Å². The maximum absolute atomic E-state index is 13.1. The monoisotopic (exact) mass is 380 g/mol. The molecule has 1 aliphatic heterocycles. The number of aromatic nitrogens is 2. The predicted molar refractivity (Wildman–Crippen MR) is 97.1 cm³/mol. The number of ether oxygens (including phenoxy) is 1. The largest absolute Gasteiger partial charge is 0.496 e. The maximum atomic E-state index is 13.1. The average molecular weight is 380 g/mol. The number of sulfonamides is 1. The highest BCUT2D eigenvalue weighted by Crippen LogP contribution is 2.28. The Labute approximate surface area is 153 Å². The number of hydrogen-bond donors (Lipinski definition) is 0. The molecule has 2 aromatic rings. The van der Waals surface area contributed by atoms with Crippen molar-refractivity contribution in [2.75, 3.05) is 38.2 Å². The van der Waals surface area contributed by atoms with E-state index in [1.54, 1.807) is 26.2 Å². The summed E-state index contributed by atoms with van der Waals surface area (Å²) in [5.41, 5.74) is 1.48. The third kappa shape index (κ3) is 3.41. The molecule has 142 valence electrons. The predicted octanol–water partition coefficient (Wildman–Crippen LogP) is 1.77. The summed E-state index contributed by atoms with van der Waals surface area (Å²) in [4.78, 5) is 2.25. The van der Waals surface area contributed by atoms with E-state index in [9.17, 15) is 8.42 Å². The molecular weight excluding hydrogens is 356 g/mol. The van der Waals surface area contributed by atoms with E-state index in [2.05, 4.69) is 10.2 Å². The lowest BCUT2D eigenvalue weighted by atomic mass is 10.1. The molecular formula is C17H24N4O4S. The number of aryl methyl sites for hydroxylation is 3. The number of rotatable bonds is 5. The standard InChI is InChI=1S/C17H24N4O4S/c1-5-16-18-19-17(25-16)20-6-8-21(9-7-20)26(22,23)15-11-12(2)14(24-4)10-13(15)3/h10-11H,5-9H2,1-4H3. The van der Waals surface area contributed by atoms with Crippen LogP contribution in [0.5, 0.6) is 5.75 Å². The van der Waals surface area contributed by atoms with Crippen LogP contribution in [0.15, 0.2) is 21.4 Å². The van der Waals surface area contributed by atoms with Gasteiger partial charge in [-0.1, -0.05) is 12.0 Å². The van der Waals surface area contributed by atoms with E-state index in [-0.39, 0.29) is 0 Å². The lowest BCUT2D eigenvalue weighted by Crippen LogP contribution is -2.48. The van der Waals surface area contributed by atoms with Crippen molar-refractivity contribution in [3.05, 3.63) is 29.2 Å². The van der Waals surface area contributed by atoms with Crippen LogP contribution in [0.1, 0.15) is 23.9 Å². The minimum atomic E-state index is -3.56. The number of anilines is 1. The topological polar surface area (TPSA) is 88.8 Å². The summed E-state index contributed by atoms with van der Waals surface area (Å²) < 4.78 is 38.5. The molecule has 0 amide bonds. The molecule has 8 nitrogen and oxygen atoms in total. The van der Waals surface area contributed by atoms with Crippen LogP contribution in [0.2, 0.25) is 0 Å². The molecule has 1 aliphatic rings. The van der Waals surface area contributed by atoms with E-state index in [0.717, 1.165) is 5.56 Å². The molecule has 0 spiro atoms. The van der Waals surface area contributed by atoms with Crippen LogP contribution in [0.25, 0.3) is 0 Å². The average Bonchev–Trinajstić information content (AvgIpc) is 3.12. The first kappa shape index (κ1) is 18.7. The first-order chi connectivity index (χ1) is 12.4. The van der Waals surface area contributed by atoms with E-state index in [1.807, 2.05) is 18.7 Å². The van der Waals surface area contributed by atoms with E-state index in [0.29, 0.717) is 60.7 Å². The number of piperazine rings is 1. The first-order valence-electron chi connectivity index (χ1n) is 8.59. The highest BCUT2D eigenvalue weighted by molar-refractivity contribution is 7.89. The molecule has 3 rings (SSSR count). The van der Waals surface area contributed by atoms with Gasteiger partial charge in [-0.25, -0.2) is 8.42 Å². The second-order valence-corrected chi connectivity index (χ2v) is 8.22. The summed E-state index contributed by atoms with van der Waals surface area (Å²) >= 11 is 0. The lowest BCUT2D eigenvalue weighted by Gasteiger charge is -2.33. The number of benzene rings is 1. The van der Waals surface area contributed by atoms with Gasteiger partial charge < -0.3 is 14.1 Å². The fourth-order valence-corrected chi connectivity index (χ4v) is 4.75. The minimum Gasteiger partial charge on any atom is -0.496 e. The highest BCUT2D eigenvalue weighted by Gasteiger charge is 2.31. The summed E-state index contributed by atoms with van der Waals surface area (Å²) in [6, 6.07) is 3.90. The van der Waals surface area contributed by atoms with Crippen LogP contribution in [0.4, 0.5) is 6.01 Å². The molecule has 26 heavy (non-hydrogen) atoms. The molecule has 2 heterocycles. The maximum Gasteiger partial charge on any atom is 0.318 e. The normalized spacial score (nSPS) is 16.1. The Morgan fingerprint density at radius 2 is 1.81 bits per heavy atom. The second kappa shape index (κ2) is 7.24. The first-order valence-corrected chi connectivity index (χ1v) is 10.0. The van der Waals surface area contributed by atoms with Crippen molar-refractivity contribution in [3.8, 4) is 5.75 Å². The van der Waals surface area contributed by atoms with Crippen LogP contribution in [-0.4, -0.2) is 56.2 Å². The van der Waals surface area contributed by atoms with Gasteiger partial charge in [-0.15, -0.1) is 5.10 Å². The van der Waals surface area contributed by atoms with Gasteiger partial charge in [0.05, 0.1) is 12.0 Å². The smallest absolute Gasteiger partial charge is 0.318 e. The van der Waals surface area contributed by atoms with E-state index in [4.69, 9.17) is 9.15 Å². The zero-order valence-corrected chi connectivity index (χ0v) is 16.3. The second-order valence-electron chi connectivity index (χ2n) is 6.31. The molecule has 1 aromatic carbocycles. The summed E-state index contributed by atoms with van der Waals surface area (Å²) in [6.45, 7) is 7.35. The number of methoxy groups -OCH3 is 1. The molecule has 0 unspecified atom stereocenters. The Hall–Kier alpha value is -2.13. The molecule has 0 N–H and O–H groups in total. The van der Waals surface area contributed by atoms with E-state index < -0.39 is 10.0 Å². The Morgan fingerprint density at radius 1 is 1.12 bits per heavy atom. The zero-order chi connectivity index (χ0) is 18.9. The number of nitrogens with zero attached hydrogens (tertiary/aromatic N) is 4. The van der Waals surface area contributed by atoms with Gasteiger partial charge in [-0.2, -0.15) is 4.31 Å². The third-order valence-electron chi connectivity index (χ3n) is 4.58. The van der Waals surface area contributed by atoms with Gasteiger partial charge in [-0.05, 0) is 37.1 Å². The SMILES string of the molecule is CCc1nnc(N2CCN(S(=O)(=O)c3cc(C)c(OC)cc3C)CC2)o1. The molecule has 0 radical (unpaired) electrons. The molecule has 9 heteroatoms. The highest BCUT2D eigenvalue weighted by atomic mass is 32.2. The van der Waals surface area contributed by atoms with Gasteiger partial charge in [0.25, 0.3) is 0 Å². The summed E-state index contributed by atoms with van der Waals surface area (Å²) in [5, 5.41) is 7.99. The van der Waals surface area contributed by atoms with Crippen molar-refractivity contribution in [2.45, 2.75) is 32.1 Å². The van der Waals surface area contributed by atoms with Crippen LogP contribution in [0.3, 0.4) is 0 Å². The van der Waals surface area contributed by atoms with Gasteiger partial charge in [0.1, 0.15) is 5.75 Å². The molecule has 0 aliphatic carbocycles. The lowest BCUT2D eigenvalue weighted by molar-refractivity contribution is 0.368. The van der Waals surface area contributed by atoms with Crippen LogP contribution < -0.4 is 9.64 Å². The van der Waals surface area contributed by atoms with Gasteiger partial charge in [0.15, 0.2) is 0 Å². The summed E-state index contributed by atoms with van der Waals surface area (Å²) in [7, 11) is -1.98. The minimum absolute atomic E-state index is 0.329. The van der Waals surface area contributed by atoms with Crippen molar-refractivity contribution >= 4 is 16.0 Å². The Morgan fingerprint density at radius 3 is 2.38 bits per heavy atom. The summed E-state index contributed by atoms with van der Waals surface area (Å²) in [6.07, 6.45) is 0.678. The quantitative estimate of drug-likeness (QED) is 0.781. The zero-order valence-electron chi connectivity index (χ0n) is 15.5. The van der Waals surface area contributed by atoms with Crippen molar-refractivity contribution in [1.82, 2.24) is 14.5 Å². The van der Waals surface area contributed by atoms with Crippen LogP contribution in [-0.2, 0) is 16.4 Å². The molecule has 0 atom stereocenters. The van der Waals surface area contributed by atoms with Crippen molar-refractivity contribution in [1.29, 1.82) is 0 Å². The van der Waals surface area contributed by atoms with Gasteiger partial charge >= 0.3 is 6.01 Å². The molecule has 0 saturated carbocycles. The third-order valence-corrected chi connectivity index (χ3v) is 6.62. The molecule has 1 fully saturated rings. The van der Waals surface area contributed by atoms with Crippen molar-refractivity contribution in [3.63, 3.8) is 0 Å².